The van der Waals surface area contributed by atoms with E-state index in [-0.39, 0.29) is 5.28 Å². The van der Waals surface area contributed by atoms with Gasteiger partial charge in [0.15, 0.2) is 0 Å². The molecular formula is C13H21ClN4OS. The van der Waals surface area contributed by atoms with Gasteiger partial charge in [0.1, 0.15) is 0 Å². The monoisotopic (exact) mass is 316 g/mol. The van der Waals surface area contributed by atoms with Crippen molar-refractivity contribution in [1.82, 2.24) is 15.0 Å². The number of ether oxygens (including phenoxy) is 1. The molecule has 1 saturated carbocycles. The van der Waals surface area contributed by atoms with E-state index in [4.69, 9.17) is 16.3 Å². The summed E-state index contributed by atoms with van der Waals surface area (Å²) in [6.45, 7) is 3.46. The normalized spacial score (nSPS) is 17.1. The first-order valence-electron chi connectivity index (χ1n) is 7.01. The molecule has 0 saturated heterocycles. The van der Waals surface area contributed by atoms with Crippen molar-refractivity contribution in [2.24, 2.45) is 0 Å². The molecule has 1 aromatic heterocycles. The molecule has 1 aliphatic rings. The largest absolute Gasteiger partial charge is 0.463 e. The minimum atomic E-state index is 0.165. The van der Waals surface area contributed by atoms with Crippen LogP contribution in [0, 0.1) is 0 Å². The maximum atomic E-state index is 5.91. The molecule has 0 aromatic carbocycles. The zero-order valence-corrected chi connectivity index (χ0v) is 13.6. The molecule has 112 valence electrons. The average molecular weight is 317 g/mol. The summed E-state index contributed by atoms with van der Waals surface area (Å²) in [4.78, 5) is 12.3. The first-order valence-corrected chi connectivity index (χ1v) is 8.61. The van der Waals surface area contributed by atoms with Crippen LogP contribution in [-0.4, -0.2) is 39.1 Å². The molecule has 2 rings (SSSR count). The van der Waals surface area contributed by atoms with Crippen LogP contribution in [-0.2, 0) is 0 Å². The second kappa shape index (κ2) is 7.31. The Morgan fingerprint density at radius 2 is 2.05 bits per heavy atom. The Morgan fingerprint density at radius 3 is 2.70 bits per heavy atom. The summed E-state index contributed by atoms with van der Waals surface area (Å²) >= 11 is 7.83. The summed E-state index contributed by atoms with van der Waals surface area (Å²) in [6.07, 6.45) is 8.14. The number of nitrogens with one attached hydrogen (secondary N) is 1. The standard InChI is InChI=1S/C13H21ClN4OS/c1-3-8-19-12-17-10(14)16-11(18-12)15-9-13(20-2)6-4-5-7-13/h3-9H2,1-2H3,(H,15,16,17,18). The quantitative estimate of drug-likeness (QED) is 0.832. The Balaban J connectivity index is 1.99. The second-order valence-electron chi connectivity index (χ2n) is 5.01. The molecule has 1 heterocycles. The van der Waals surface area contributed by atoms with Crippen molar-refractivity contribution in [2.75, 3.05) is 24.7 Å². The van der Waals surface area contributed by atoms with Crippen LogP contribution in [0.3, 0.4) is 0 Å². The fourth-order valence-electron chi connectivity index (χ4n) is 2.38. The Labute approximate surface area is 129 Å². The predicted octanol–water partition coefficient (Wildman–Crippen LogP) is 3.40. The van der Waals surface area contributed by atoms with Gasteiger partial charge in [-0.15, -0.1) is 0 Å². The molecule has 1 aliphatic carbocycles. The van der Waals surface area contributed by atoms with Crippen LogP contribution >= 0.6 is 23.4 Å². The topological polar surface area (TPSA) is 59.9 Å². The lowest BCUT2D eigenvalue weighted by atomic mass is 10.1. The third-order valence-electron chi connectivity index (χ3n) is 3.54. The van der Waals surface area contributed by atoms with Gasteiger partial charge in [-0.05, 0) is 37.1 Å². The molecule has 1 N–H and O–H groups in total. The van der Waals surface area contributed by atoms with Gasteiger partial charge in [0.05, 0.1) is 6.61 Å². The van der Waals surface area contributed by atoms with E-state index in [1.54, 1.807) is 0 Å². The van der Waals surface area contributed by atoms with Crippen molar-refractivity contribution in [1.29, 1.82) is 0 Å². The average Bonchev–Trinajstić information content (AvgIpc) is 2.92. The smallest absolute Gasteiger partial charge is 0.322 e. The molecule has 0 radical (unpaired) electrons. The fraction of sp³-hybridized carbons (Fsp3) is 0.769. The van der Waals surface area contributed by atoms with Crippen LogP contribution in [0.15, 0.2) is 0 Å². The molecule has 7 heteroatoms. The number of hydrogen-bond donors (Lipinski definition) is 1. The lowest BCUT2D eigenvalue weighted by Gasteiger charge is -2.26. The van der Waals surface area contributed by atoms with Crippen LogP contribution in [0.25, 0.3) is 0 Å². The zero-order chi connectivity index (χ0) is 14.4. The summed E-state index contributed by atoms with van der Waals surface area (Å²) in [5.41, 5.74) is 0. The van der Waals surface area contributed by atoms with Crippen molar-refractivity contribution < 1.29 is 4.74 Å². The van der Waals surface area contributed by atoms with E-state index in [9.17, 15) is 0 Å². The van der Waals surface area contributed by atoms with Gasteiger partial charge < -0.3 is 10.1 Å². The first kappa shape index (κ1) is 15.6. The number of rotatable bonds is 7. The van der Waals surface area contributed by atoms with Crippen LogP contribution in [0.4, 0.5) is 5.95 Å². The lowest BCUT2D eigenvalue weighted by molar-refractivity contribution is 0.291. The Hall–Kier alpha value is -0.750. The Morgan fingerprint density at radius 1 is 1.30 bits per heavy atom. The van der Waals surface area contributed by atoms with Crippen molar-refractivity contribution >= 4 is 29.3 Å². The highest BCUT2D eigenvalue weighted by Gasteiger charge is 2.32. The van der Waals surface area contributed by atoms with Gasteiger partial charge in [0, 0.05) is 11.3 Å². The minimum Gasteiger partial charge on any atom is -0.463 e. The summed E-state index contributed by atoms with van der Waals surface area (Å²) < 4.78 is 5.70. The molecule has 20 heavy (non-hydrogen) atoms. The number of aromatic nitrogens is 3. The molecule has 0 spiro atoms. The molecular weight excluding hydrogens is 296 g/mol. The maximum Gasteiger partial charge on any atom is 0.322 e. The molecule has 0 amide bonds. The Bertz CT molecular complexity index is 440. The van der Waals surface area contributed by atoms with E-state index in [1.807, 2.05) is 18.7 Å². The SMILES string of the molecule is CCCOc1nc(Cl)nc(NCC2(SC)CCCC2)n1. The summed E-state index contributed by atoms with van der Waals surface area (Å²) in [5.74, 6) is 0.497. The van der Waals surface area contributed by atoms with Crippen molar-refractivity contribution in [2.45, 2.75) is 43.8 Å². The van der Waals surface area contributed by atoms with Gasteiger partial charge in [-0.25, -0.2) is 0 Å². The van der Waals surface area contributed by atoms with Gasteiger partial charge >= 0.3 is 6.01 Å². The van der Waals surface area contributed by atoms with E-state index in [0.29, 0.717) is 23.3 Å². The van der Waals surface area contributed by atoms with E-state index in [1.165, 1.54) is 25.7 Å². The summed E-state index contributed by atoms with van der Waals surface area (Å²) in [6, 6.07) is 0.291. The molecule has 0 aliphatic heterocycles. The fourth-order valence-corrected chi connectivity index (χ4v) is 3.45. The number of nitrogens with zero attached hydrogens (tertiary/aromatic N) is 3. The van der Waals surface area contributed by atoms with Gasteiger partial charge in [-0.1, -0.05) is 19.8 Å². The van der Waals surface area contributed by atoms with Crippen LogP contribution in [0.1, 0.15) is 39.0 Å². The van der Waals surface area contributed by atoms with Gasteiger partial charge in [0.2, 0.25) is 11.2 Å². The lowest BCUT2D eigenvalue weighted by Crippen LogP contribution is -2.30. The van der Waals surface area contributed by atoms with Crippen LogP contribution in [0.5, 0.6) is 6.01 Å². The number of hydrogen-bond acceptors (Lipinski definition) is 6. The van der Waals surface area contributed by atoms with Crippen LogP contribution < -0.4 is 10.1 Å². The Kier molecular flexibility index (Phi) is 5.72. The van der Waals surface area contributed by atoms with E-state index >= 15 is 0 Å². The number of anilines is 1. The molecule has 1 aromatic rings. The minimum absolute atomic E-state index is 0.165. The number of thioether (sulfide) groups is 1. The maximum absolute atomic E-state index is 5.91. The second-order valence-corrected chi connectivity index (χ2v) is 6.62. The van der Waals surface area contributed by atoms with Crippen molar-refractivity contribution in [3.63, 3.8) is 0 Å². The molecule has 1 fully saturated rings. The van der Waals surface area contributed by atoms with E-state index < -0.39 is 0 Å². The third-order valence-corrected chi connectivity index (χ3v) is 5.13. The van der Waals surface area contributed by atoms with E-state index in [0.717, 1.165) is 13.0 Å². The van der Waals surface area contributed by atoms with Crippen molar-refractivity contribution in [3.8, 4) is 6.01 Å². The number of halogens is 1. The summed E-state index contributed by atoms with van der Waals surface area (Å²) in [5, 5.41) is 3.45. The highest BCUT2D eigenvalue weighted by molar-refractivity contribution is 8.00. The highest BCUT2D eigenvalue weighted by Crippen LogP contribution is 2.40. The summed E-state index contributed by atoms with van der Waals surface area (Å²) in [7, 11) is 0. The zero-order valence-electron chi connectivity index (χ0n) is 12.0. The predicted molar refractivity (Wildman–Crippen MR) is 83.8 cm³/mol. The third kappa shape index (κ3) is 4.12. The van der Waals surface area contributed by atoms with Gasteiger partial charge in [0.25, 0.3) is 0 Å². The first-order chi connectivity index (χ1) is 9.67. The molecule has 5 nitrogen and oxygen atoms in total. The van der Waals surface area contributed by atoms with Gasteiger partial charge in [-0.2, -0.15) is 26.7 Å². The van der Waals surface area contributed by atoms with E-state index in [2.05, 4.69) is 26.5 Å². The molecule has 0 unspecified atom stereocenters. The van der Waals surface area contributed by atoms with Crippen LogP contribution in [0.2, 0.25) is 5.28 Å². The molecule has 0 atom stereocenters. The van der Waals surface area contributed by atoms with Gasteiger partial charge in [-0.3, -0.25) is 0 Å². The molecule has 0 bridgehead atoms. The van der Waals surface area contributed by atoms with Crippen molar-refractivity contribution in [3.05, 3.63) is 5.28 Å². The highest BCUT2D eigenvalue weighted by atomic mass is 35.5.